The van der Waals surface area contributed by atoms with Gasteiger partial charge in [0.05, 0.1) is 6.61 Å². The molecule has 1 heterocycles. The molecule has 0 aliphatic carbocycles. The summed E-state index contributed by atoms with van der Waals surface area (Å²) < 4.78 is 28.3. The largest absolute Gasteiger partial charge is 0.479 e. The van der Waals surface area contributed by atoms with E-state index in [9.17, 15) is 34.5 Å². The molecule has 12 nitrogen and oxygen atoms in total. The minimum absolute atomic E-state index is 0.0183. The summed E-state index contributed by atoms with van der Waals surface area (Å²) in [4.78, 5) is 51.1. The third-order valence-corrected chi connectivity index (χ3v) is 12.2. The predicted molar refractivity (Wildman–Crippen MR) is 312 cm³/mol. The average molecular weight is 1070 g/mol. The van der Waals surface area contributed by atoms with E-state index in [-0.39, 0.29) is 25.9 Å². The third kappa shape index (κ3) is 41.6. The highest BCUT2D eigenvalue weighted by molar-refractivity contribution is 5.74. The molecule has 77 heavy (non-hydrogen) atoms. The van der Waals surface area contributed by atoms with Gasteiger partial charge in [-0.15, -0.1) is 0 Å². The standard InChI is InChI=1S/C65H100O12/c1-4-7-10-13-16-19-22-25-28-29-32-35-38-41-44-47-50-53-59(68)76-63-61(70)60(69)62(64(71)72)77-65(63)74-55-56(75-58(67)52-49-46-43-40-37-34-31-27-24-21-18-15-12-9-6-3)54-73-57(66)51-48-45-42-39-36-33-30-26-23-20-17-14-11-8-5-2/h7-12,16-21,25-28,30-32,35-36,39,56,60-63,65,69-70H,4-6,13-15,22-24,29,33-34,37-38,40-55H2,1-3H3,(H,71,72)/b10-7-,11-8-,12-9-,19-16-,20-17-,21-18-,28-25-,30-26-,31-27-,35-32-,39-36-. The Hall–Kier alpha value is -5.14. The quantitative estimate of drug-likeness (QED) is 0.0228. The molecule has 3 N–H and O–H groups in total. The maximum Gasteiger partial charge on any atom is 0.335 e. The predicted octanol–water partition coefficient (Wildman–Crippen LogP) is 15.0. The first-order valence-corrected chi connectivity index (χ1v) is 29.2. The second kappa shape index (κ2) is 51.6. The summed E-state index contributed by atoms with van der Waals surface area (Å²) in [7, 11) is 0. The lowest BCUT2D eigenvalue weighted by Gasteiger charge is -2.40. The molecule has 6 atom stereocenters. The van der Waals surface area contributed by atoms with Crippen LogP contribution in [-0.2, 0) is 42.9 Å². The maximum atomic E-state index is 13.1. The second-order valence-electron chi connectivity index (χ2n) is 19.1. The molecule has 6 unspecified atom stereocenters. The van der Waals surface area contributed by atoms with Gasteiger partial charge in [-0.3, -0.25) is 14.4 Å². The molecule has 1 fully saturated rings. The van der Waals surface area contributed by atoms with Crippen molar-refractivity contribution in [1.29, 1.82) is 0 Å². The zero-order valence-electron chi connectivity index (χ0n) is 47.4. The summed E-state index contributed by atoms with van der Waals surface area (Å²) >= 11 is 0. The van der Waals surface area contributed by atoms with Gasteiger partial charge in [0, 0.05) is 19.3 Å². The van der Waals surface area contributed by atoms with Crippen molar-refractivity contribution in [3.8, 4) is 0 Å². The summed E-state index contributed by atoms with van der Waals surface area (Å²) in [6.07, 6.45) is 59.9. The SMILES string of the molecule is CC/C=C\C/C=C\C/C=C\C/C=C\CCCCCCC(=O)OC1C(OCC(COC(=O)CCCC/C=C\C/C=C\C/C=C\C/C=C\CC)OC(=O)CCCCCCC/C=C\C/C=C\C/C=C\CC)OC(C(=O)O)C(O)C1O. The number of aliphatic hydroxyl groups excluding tert-OH is 2. The molecule has 1 aliphatic rings. The first-order chi connectivity index (χ1) is 37.6. The topological polar surface area (TPSA) is 175 Å². The molecule has 0 amide bonds. The molecule has 0 bridgehead atoms. The van der Waals surface area contributed by atoms with Gasteiger partial charge in [-0.05, 0) is 128 Å². The van der Waals surface area contributed by atoms with E-state index in [4.69, 9.17) is 23.7 Å². The van der Waals surface area contributed by atoms with Crippen molar-refractivity contribution in [2.24, 2.45) is 0 Å². The first kappa shape index (κ1) is 69.9. The molecular weight excluding hydrogens is 973 g/mol. The second-order valence-corrected chi connectivity index (χ2v) is 19.1. The summed E-state index contributed by atoms with van der Waals surface area (Å²) in [6.45, 7) is 5.57. The molecular formula is C65H100O12. The molecule has 12 heteroatoms. The smallest absolute Gasteiger partial charge is 0.335 e. The summed E-state index contributed by atoms with van der Waals surface area (Å²) in [5.74, 6) is -3.25. The molecule has 1 saturated heterocycles. The van der Waals surface area contributed by atoms with Crippen molar-refractivity contribution in [3.63, 3.8) is 0 Å². The Morgan fingerprint density at radius 1 is 0.429 bits per heavy atom. The number of carboxylic acid groups (broad SMARTS) is 1. The van der Waals surface area contributed by atoms with Gasteiger partial charge in [-0.2, -0.15) is 0 Å². The number of carbonyl (C=O) groups excluding carboxylic acids is 3. The van der Waals surface area contributed by atoms with Crippen LogP contribution in [0.15, 0.2) is 134 Å². The number of aliphatic hydroxyl groups is 2. The molecule has 1 aliphatic heterocycles. The number of rotatable bonds is 47. The monoisotopic (exact) mass is 1070 g/mol. The van der Waals surface area contributed by atoms with Crippen molar-refractivity contribution >= 4 is 23.9 Å². The molecule has 0 aromatic heterocycles. The fraction of sp³-hybridized carbons (Fsp3) is 0.600. The van der Waals surface area contributed by atoms with Crippen LogP contribution in [0.25, 0.3) is 0 Å². The van der Waals surface area contributed by atoms with E-state index in [1.54, 1.807) is 0 Å². The zero-order valence-corrected chi connectivity index (χ0v) is 47.4. The van der Waals surface area contributed by atoms with Crippen LogP contribution in [0, 0.1) is 0 Å². The lowest BCUT2D eigenvalue weighted by Crippen LogP contribution is -2.61. The minimum atomic E-state index is -1.93. The van der Waals surface area contributed by atoms with Gasteiger partial charge < -0.3 is 39.0 Å². The fourth-order valence-electron chi connectivity index (χ4n) is 7.83. The molecule has 0 saturated carbocycles. The van der Waals surface area contributed by atoms with Crippen LogP contribution < -0.4 is 0 Å². The van der Waals surface area contributed by atoms with E-state index >= 15 is 0 Å². The lowest BCUT2D eigenvalue weighted by molar-refractivity contribution is -0.301. The van der Waals surface area contributed by atoms with Gasteiger partial charge in [0.25, 0.3) is 0 Å². The number of ether oxygens (including phenoxy) is 5. The van der Waals surface area contributed by atoms with Crippen molar-refractivity contribution in [2.75, 3.05) is 13.2 Å². The van der Waals surface area contributed by atoms with Crippen LogP contribution in [0.2, 0.25) is 0 Å². The molecule has 0 aromatic rings. The Morgan fingerprint density at radius 3 is 1.21 bits per heavy atom. The molecule has 432 valence electrons. The maximum absolute atomic E-state index is 13.1. The van der Waals surface area contributed by atoms with Gasteiger partial charge in [-0.1, -0.05) is 187 Å². The van der Waals surface area contributed by atoms with Crippen LogP contribution in [-0.4, -0.2) is 89.2 Å². The molecule has 0 aromatic carbocycles. The number of carboxylic acids is 1. The minimum Gasteiger partial charge on any atom is -0.479 e. The van der Waals surface area contributed by atoms with Crippen molar-refractivity contribution < 1.29 is 58.2 Å². The average Bonchev–Trinajstić information content (AvgIpc) is 3.43. The number of hydrogen-bond acceptors (Lipinski definition) is 11. The van der Waals surface area contributed by atoms with Gasteiger partial charge in [0.15, 0.2) is 24.6 Å². The number of allylic oxidation sites excluding steroid dienone is 22. The van der Waals surface area contributed by atoms with Crippen molar-refractivity contribution in [3.05, 3.63) is 134 Å². The summed E-state index contributed by atoms with van der Waals surface area (Å²) in [6, 6.07) is 0. The van der Waals surface area contributed by atoms with E-state index in [0.717, 1.165) is 141 Å². The lowest BCUT2D eigenvalue weighted by atomic mass is 9.98. The Balaban J connectivity index is 2.76. The Kier molecular flexibility index (Phi) is 46.8. The number of hydrogen-bond donors (Lipinski definition) is 3. The Morgan fingerprint density at radius 2 is 0.779 bits per heavy atom. The number of unbranched alkanes of at least 4 members (excludes halogenated alkanes) is 11. The van der Waals surface area contributed by atoms with E-state index in [1.165, 1.54) is 0 Å². The first-order valence-electron chi connectivity index (χ1n) is 29.2. The number of carbonyl (C=O) groups is 4. The highest BCUT2D eigenvalue weighted by Gasteiger charge is 2.50. The Bertz CT molecular complexity index is 1850. The molecule has 1 rings (SSSR count). The molecule has 0 radical (unpaired) electrons. The van der Waals surface area contributed by atoms with Gasteiger partial charge in [0.1, 0.15) is 18.8 Å². The van der Waals surface area contributed by atoms with E-state index < -0.39 is 67.3 Å². The van der Waals surface area contributed by atoms with Crippen molar-refractivity contribution in [2.45, 2.75) is 237 Å². The third-order valence-electron chi connectivity index (χ3n) is 12.2. The fourth-order valence-corrected chi connectivity index (χ4v) is 7.83. The van der Waals surface area contributed by atoms with E-state index in [1.807, 2.05) is 0 Å². The van der Waals surface area contributed by atoms with Gasteiger partial charge >= 0.3 is 23.9 Å². The summed E-state index contributed by atoms with van der Waals surface area (Å²) in [5.41, 5.74) is 0. The van der Waals surface area contributed by atoms with Crippen LogP contribution >= 0.6 is 0 Å². The van der Waals surface area contributed by atoms with Crippen molar-refractivity contribution in [1.82, 2.24) is 0 Å². The summed E-state index contributed by atoms with van der Waals surface area (Å²) in [5, 5.41) is 31.5. The van der Waals surface area contributed by atoms with Crippen LogP contribution in [0.1, 0.15) is 201 Å². The van der Waals surface area contributed by atoms with Gasteiger partial charge in [-0.25, -0.2) is 4.79 Å². The van der Waals surface area contributed by atoms with Crippen LogP contribution in [0.5, 0.6) is 0 Å². The van der Waals surface area contributed by atoms with Gasteiger partial charge in [0.2, 0.25) is 0 Å². The van der Waals surface area contributed by atoms with Crippen LogP contribution in [0.4, 0.5) is 0 Å². The zero-order chi connectivity index (χ0) is 56.1. The normalized spacial score (nSPS) is 19.0. The van der Waals surface area contributed by atoms with E-state index in [0.29, 0.717) is 19.3 Å². The Labute approximate surface area is 464 Å². The van der Waals surface area contributed by atoms with Crippen LogP contribution in [0.3, 0.4) is 0 Å². The number of aliphatic carboxylic acids is 1. The molecule has 0 spiro atoms. The van der Waals surface area contributed by atoms with E-state index in [2.05, 4.69) is 154 Å². The highest BCUT2D eigenvalue weighted by Crippen LogP contribution is 2.26. The number of esters is 3. The highest BCUT2D eigenvalue weighted by atomic mass is 16.7.